The molecule has 0 bridgehead atoms. The normalized spacial score (nSPS) is 10.5. The summed E-state index contributed by atoms with van der Waals surface area (Å²) in [6.45, 7) is 0.000842. The summed E-state index contributed by atoms with van der Waals surface area (Å²) in [7, 11) is 0. The van der Waals surface area contributed by atoms with Crippen molar-refractivity contribution in [3.63, 3.8) is 0 Å². The van der Waals surface area contributed by atoms with Crippen molar-refractivity contribution >= 4 is 17.3 Å². The lowest BCUT2D eigenvalue weighted by Gasteiger charge is -2.05. The molecular formula is C13H9N3O4S. The first kappa shape index (κ1) is 13.3. The number of nitrogens with zero attached hydrogens (tertiary/aromatic N) is 3. The topological polar surface area (TPSA) is 98.3 Å². The number of aromatic carboxylic acids is 1. The van der Waals surface area contributed by atoms with Gasteiger partial charge in [0.05, 0.1) is 11.1 Å². The quantitative estimate of drug-likeness (QED) is 0.773. The summed E-state index contributed by atoms with van der Waals surface area (Å²) in [6, 6.07) is 5.12. The summed E-state index contributed by atoms with van der Waals surface area (Å²) >= 11 is 1.49. The van der Waals surface area contributed by atoms with Crippen LogP contribution >= 0.6 is 11.3 Å². The highest BCUT2D eigenvalue weighted by molar-refractivity contribution is 7.13. The minimum absolute atomic E-state index is 0.000842. The van der Waals surface area contributed by atoms with Crippen molar-refractivity contribution in [1.29, 1.82) is 0 Å². The maximum absolute atomic E-state index is 11.0. The van der Waals surface area contributed by atoms with Crippen molar-refractivity contribution in [2.75, 3.05) is 0 Å². The summed E-state index contributed by atoms with van der Waals surface area (Å²) in [5, 5.41) is 14.7. The van der Waals surface area contributed by atoms with E-state index in [2.05, 4.69) is 15.1 Å². The first-order chi connectivity index (χ1) is 10.2. The second kappa shape index (κ2) is 5.71. The fourth-order valence-electron chi connectivity index (χ4n) is 1.63. The first-order valence-corrected chi connectivity index (χ1v) is 6.78. The van der Waals surface area contributed by atoms with Gasteiger partial charge in [0.1, 0.15) is 5.56 Å². The molecule has 0 aliphatic carbocycles. The van der Waals surface area contributed by atoms with Crippen LogP contribution in [0.4, 0.5) is 0 Å². The van der Waals surface area contributed by atoms with Crippen LogP contribution in [0, 0.1) is 0 Å². The van der Waals surface area contributed by atoms with Crippen molar-refractivity contribution in [2.24, 2.45) is 0 Å². The standard InChI is InChI=1S/C13H9N3O4S/c17-13(18)8-3-4-14-6-9(8)19-7-11-15-12(20-16-11)10-2-1-5-21-10/h1-6H,7H2,(H,17,18). The Kier molecular flexibility index (Phi) is 3.61. The summed E-state index contributed by atoms with van der Waals surface area (Å²) in [5.74, 6) is -0.181. The zero-order chi connectivity index (χ0) is 14.7. The third kappa shape index (κ3) is 2.90. The minimum Gasteiger partial charge on any atom is -0.483 e. The molecule has 0 saturated carbocycles. The molecule has 106 valence electrons. The maximum atomic E-state index is 11.0. The highest BCUT2D eigenvalue weighted by Crippen LogP contribution is 2.23. The number of carboxylic acid groups (broad SMARTS) is 1. The number of pyridine rings is 1. The van der Waals surface area contributed by atoms with E-state index >= 15 is 0 Å². The van der Waals surface area contributed by atoms with Gasteiger partial charge < -0.3 is 14.4 Å². The van der Waals surface area contributed by atoms with Crippen LogP contribution in [0.25, 0.3) is 10.8 Å². The van der Waals surface area contributed by atoms with E-state index in [-0.39, 0.29) is 17.9 Å². The number of thiophene rings is 1. The molecule has 0 saturated heterocycles. The molecule has 0 aliphatic rings. The number of ether oxygens (including phenoxy) is 1. The van der Waals surface area contributed by atoms with Gasteiger partial charge in [0.25, 0.3) is 5.89 Å². The van der Waals surface area contributed by atoms with E-state index in [1.807, 2.05) is 17.5 Å². The number of hydrogen-bond acceptors (Lipinski definition) is 7. The third-order valence-electron chi connectivity index (χ3n) is 2.57. The second-order valence-corrected chi connectivity index (χ2v) is 4.91. The molecule has 0 fully saturated rings. The molecule has 3 rings (SSSR count). The zero-order valence-electron chi connectivity index (χ0n) is 10.6. The molecule has 0 aliphatic heterocycles. The Balaban J connectivity index is 1.73. The molecule has 0 aromatic carbocycles. The molecule has 0 unspecified atom stereocenters. The van der Waals surface area contributed by atoms with Crippen LogP contribution in [-0.2, 0) is 6.61 Å². The van der Waals surface area contributed by atoms with Crippen LogP contribution in [0.1, 0.15) is 16.2 Å². The maximum Gasteiger partial charge on any atom is 0.339 e. The lowest BCUT2D eigenvalue weighted by Crippen LogP contribution is -2.04. The van der Waals surface area contributed by atoms with Gasteiger partial charge >= 0.3 is 5.97 Å². The molecular weight excluding hydrogens is 294 g/mol. The Bertz CT molecular complexity index is 754. The van der Waals surface area contributed by atoms with Crippen molar-refractivity contribution < 1.29 is 19.2 Å². The Labute approximate surface area is 122 Å². The molecule has 3 aromatic heterocycles. The SMILES string of the molecule is O=C(O)c1ccncc1OCc1noc(-c2cccs2)n1. The lowest BCUT2D eigenvalue weighted by molar-refractivity contribution is 0.0691. The van der Waals surface area contributed by atoms with Crippen molar-refractivity contribution in [3.8, 4) is 16.5 Å². The number of rotatable bonds is 5. The third-order valence-corrected chi connectivity index (χ3v) is 3.43. The molecule has 0 atom stereocenters. The Morgan fingerprint density at radius 2 is 2.33 bits per heavy atom. The average Bonchev–Trinajstić information content (AvgIpc) is 3.16. The van der Waals surface area contributed by atoms with Gasteiger partial charge in [0, 0.05) is 6.20 Å². The van der Waals surface area contributed by atoms with Crippen LogP contribution in [0.3, 0.4) is 0 Å². The van der Waals surface area contributed by atoms with Gasteiger partial charge in [-0.2, -0.15) is 4.98 Å². The van der Waals surface area contributed by atoms with E-state index in [0.717, 1.165) is 4.88 Å². The van der Waals surface area contributed by atoms with E-state index < -0.39 is 5.97 Å². The molecule has 3 aromatic rings. The van der Waals surface area contributed by atoms with Crippen LogP contribution in [0.2, 0.25) is 0 Å². The lowest BCUT2D eigenvalue weighted by atomic mass is 10.2. The Hall–Kier alpha value is -2.74. The number of aromatic nitrogens is 3. The summed E-state index contributed by atoms with van der Waals surface area (Å²) in [4.78, 5) is 19.9. The van der Waals surface area contributed by atoms with E-state index in [1.165, 1.54) is 29.8 Å². The molecule has 0 amide bonds. The monoisotopic (exact) mass is 303 g/mol. The van der Waals surface area contributed by atoms with E-state index in [9.17, 15) is 4.79 Å². The van der Waals surface area contributed by atoms with Gasteiger partial charge in [0.2, 0.25) is 5.82 Å². The van der Waals surface area contributed by atoms with E-state index in [0.29, 0.717) is 11.7 Å². The molecule has 3 heterocycles. The largest absolute Gasteiger partial charge is 0.483 e. The van der Waals surface area contributed by atoms with Crippen LogP contribution in [0.5, 0.6) is 5.75 Å². The second-order valence-electron chi connectivity index (χ2n) is 3.96. The van der Waals surface area contributed by atoms with Crippen molar-refractivity contribution in [2.45, 2.75) is 6.61 Å². The molecule has 0 radical (unpaired) electrons. The number of hydrogen-bond donors (Lipinski definition) is 1. The van der Waals surface area contributed by atoms with E-state index in [4.69, 9.17) is 14.4 Å². The summed E-state index contributed by atoms with van der Waals surface area (Å²) in [5.41, 5.74) is 0.0342. The molecule has 0 spiro atoms. The van der Waals surface area contributed by atoms with Gasteiger partial charge in [-0.15, -0.1) is 11.3 Å². The Morgan fingerprint density at radius 3 is 3.10 bits per heavy atom. The number of carboxylic acids is 1. The smallest absolute Gasteiger partial charge is 0.339 e. The fourth-order valence-corrected chi connectivity index (χ4v) is 2.27. The first-order valence-electron chi connectivity index (χ1n) is 5.90. The predicted molar refractivity (Wildman–Crippen MR) is 73.1 cm³/mol. The van der Waals surface area contributed by atoms with Crippen LogP contribution in [0.15, 0.2) is 40.5 Å². The highest BCUT2D eigenvalue weighted by atomic mass is 32.1. The van der Waals surface area contributed by atoms with Crippen molar-refractivity contribution in [1.82, 2.24) is 15.1 Å². The predicted octanol–water partition coefficient (Wildman–Crippen LogP) is 2.47. The molecule has 1 N–H and O–H groups in total. The highest BCUT2D eigenvalue weighted by Gasteiger charge is 2.13. The molecule has 7 nitrogen and oxygen atoms in total. The summed E-state index contributed by atoms with van der Waals surface area (Å²) < 4.78 is 10.5. The zero-order valence-corrected chi connectivity index (χ0v) is 11.4. The average molecular weight is 303 g/mol. The van der Waals surface area contributed by atoms with Crippen LogP contribution in [-0.4, -0.2) is 26.2 Å². The Morgan fingerprint density at radius 1 is 1.43 bits per heavy atom. The molecule has 8 heteroatoms. The molecule has 21 heavy (non-hydrogen) atoms. The van der Waals surface area contributed by atoms with Crippen LogP contribution < -0.4 is 4.74 Å². The van der Waals surface area contributed by atoms with E-state index in [1.54, 1.807) is 0 Å². The summed E-state index contributed by atoms with van der Waals surface area (Å²) in [6.07, 6.45) is 2.73. The fraction of sp³-hybridized carbons (Fsp3) is 0.0769. The van der Waals surface area contributed by atoms with Gasteiger partial charge in [-0.25, -0.2) is 4.79 Å². The minimum atomic E-state index is -1.08. The van der Waals surface area contributed by atoms with Gasteiger partial charge in [-0.3, -0.25) is 4.98 Å². The van der Waals surface area contributed by atoms with Gasteiger partial charge in [-0.05, 0) is 17.5 Å². The van der Waals surface area contributed by atoms with Gasteiger partial charge in [0.15, 0.2) is 12.4 Å². The van der Waals surface area contributed by atoms with Gasteiger partial charge in [-0.1, -0.05) is 11.2 Å². The number of carbonyl (C=O) groups is 1. The van der Waals surface area contributed by atoms with Crippen molar-refractivity contribution in [3.05, 3.63) is 47.4 Å².